The van der Waals surface area contributed by atoms with Gasteiger partial charge in [0, 0.05) is 6.20 Å². The number of hydrogen-bond donors (Lipinski definition) is 1. The number of carbonyl (C=O) groups excluding carboxylic acids is 1. The predicted octanol–water partition coefficient (Wildman–Crippen LogP) is 5.68. The first-order chi connectivity index (χ1) is 16.2. The van der Waals surface area contributed by atoms with Crippen LogP contribution >= 0.6 is 27.5 Å². The molecule has 0 fully saturated rings. The maximum atomic E-state index is 13.8. The molecule has 0 radical (unpaired) electrons. The highest BCUT2D eigenvalue weighted by Crippen LogP contribution is 2.45. The summed E-state index contributed by atoms with van der Waals surface area (Å²) in [5, 5.41) is 11.1. The van der Waals surface area contributed by atoms with Gasteiger partial charge in [0.25, 0.3) is 5.91 Å². The molecule has 2 aromatic carbocycles. The predicted molar refractivity (Wildman–Crippen MR) is 132 cm³/mol. The molecule has 5 rings (SSSR count). The van der Waals surface area contributed by atoms with Crippen molar-refractivity contribution in [1.82, 2.24) is 4.98 Å². The zero-order valence-electron chi connectivity index (χ0n) is 18.3. The van der Waals surface area contributed by atoms with E-state index in [1.54, 1.807) is 36.4 Å². The van der Waals surface area contributed by atoms with E-state index in [4.69, 9.17) is 20.8 Å². The van der Waals surface area contributed by atoms with Gasteiger partial charge in [-0.3, -0.25) is 14.5 Å². The Morgan fingerprint density at radius 1 is 1.15 bits per heavy atom. The number of carbonyl (C=O) groups is 1. The molecule has 2 aromatic heterocycles. The summed E-state index contributed by atoms with van der Waals surface area (Å²) in [6, 6.07) is 9.10. The minimum absolute atomic E-state index is 0.0503. The fourth-order valence-electron chi connectivity index (χ4n) is 4.20. The lowest BCUT2D eigenvalue weighted by molar-refractivity contribution is 0.0970. The Bertz CT molecular complexity index is 1550. The Labute approximate surface area is 207 Å². The highest BCUT2D eigenvalue weighted by atomic mass is 79.9. The van der Waals surface area contributed by atoms with Gasteiger partial charge in [0.05, 0.1) is 33.6 Å². The molecule has 0 spiro atoms. The molecule has 0 aliphatic carbocycles. The minimum Gasteiger partial charge on any atom is -0.503 e. The maximum Gasteiger partial charge on any atom is 0.296 e. The zero-order chi connectivity index (χ0) is 24.3. The molecule has 172 valence electrons. The zero-order valence-corrected chi connectivity index (χ0v) is 20.7. The fraction of sp³-hybridized carbons (Fsp3) is 0.160. The fourth-order valence-corrected chi connectivity index (χ4v) is 4.77. The van der Waals surface area contributed by atoms with Crippen molar-refractivity contribution in [2.24, 2.45) is 0 Å². The molecule has 1 amide bonds. The van der Waals surface area contributed by atoms with Crippen molar-refractivity contribution >= 4 is 50.2 Å². The highest BCUT2D eigenvalue weighted by molar-refractivity contribution is 9.10. The molecule has 3 heterocycles. The van der Waals surface area contributed by atoms with E-state index in [1.807, 2.05) is 13.8 Å². The summed E-state index contributed by atoms with van der Waals surface area (Å²) in [6.07, 6.45) is 1.43. The van der Waals surface area contributed by atoms with Crippen LogP contribution in [0.4, 0.5) is 5.82 Å². The summed E-state index contributed by atoms with van der Waals surface area (Å²) in [4.78, 5) is 33.1. The average molecular weight is 542 g/mol. The van der Waals surface area contributed by atoms with Gasteiger partial charge in [-0.05, 0) is 82.9 Å². The van der Waals surface area contributed by atoms with Crippen molar-refractivity contribution in [2.75, 3.05) is 12.0 Å². The molecule has 1 aliphatic heterocycles. The van der Waals surface area contributed by atoms with Crippen LogP contribution in [0.3, 0.4) is 0 Å². The topological polar surface area (TPSA) is 92.9 Å². The first kappa shape index (κ1) is 22.4. The van der Waals surface area contributed by atoms with E-state index in [0.29, 0.717) is 31.8 Å². The Morgan fingerprint density at radius 3 is 2.56 bits per heavy atom. The number of halogens is 2. The Kier molecular flexibility index (Phi) is 5.37. The van der Waals surface area contributed by atoms with Crippen LogP contribution in [0, 0.1) is 13.8 Å². The lowest BCUT2D eigenvalue weighted by Crippen LogP contribution is -2.30. The van der Waals surface area contributed by atoms with Gasteiger partial charge < -0.3 is 14.3 Å². The van der Waals surface area contributed by atoms with Gasteiger partial charge in [-0.25, -0.2) is 4.98 Å². The first-order valence-corrected chi connectivity index (χ1v) is 11.5. The van der Waals surface area contributed by atoms with Gasteiger partial charge in [0.1, 0.15) is 11.4 Å². The van der Waals surface area contributed by atoms with Crippen LogP contribution in [0.1, 0.15) is 38.9 Å². The Morgan fingerprint density at radius 2 is 1.88 bits per heavy atom. The van der Waals surface area contributed by atoms with Gasteiger partial charge in [-0.1, -0.05) is 11.6 Å². The number of phenolic OH excluding ortho intramolecular Hbond substituents is 1. The number of aryl methyl sites for hydroxylation is 2. The van der Waals surface area contributed by atoms with E-state index in [2.05, 4.69) is 20.9 Å². The third-order valence-corrected chi connectivity index (χ3v) is 6.86. The molecule has 0 bridgehead atoms. The van der Waals surface area contributed by atoms with Crippen LogP contribution in [-0.2, 0) is 0 Å². The van der Waals surface area contributed by atoms with Crippen molar-refractivity contribution in [3.8, 4) is 11.5 Å². The maximum absolute atomic E-state index is 13.8. The molecule has 1 N–H and O–H groups in total. The second kappa shape index (κ2) is 8.14. The van der Waals surface area contributed by atoms with Gasteiger partial charge in [-0.2, -0.15) is 0 Å². The average Bonchev–Trinajstić information content (AvgIpc) is 3.10. The second-order valence-corrected chi connectivity index (χ2v) is 9.36. The van der Waals surface area contributed by atoms with E-state index in [1.165, 1.54) is 18.2 Å². The standard InChI is InChI=1S/C25H18BrClN2O5/c1-11-6-15-17(7-12(11)2)34-24-20(22(15)30)21(13-8-16(26)23(31)18(9-13)33-3)29(25(24)32)19-5-4-14(27)10-28-19/h4-10,21,31H,1-3H3. The number of amides is 1. The molecule has 9 heteroatoms. The number of hydrogen-bond acceptors (Lipinski definition) is 6. The van der Waals surface area contributed by atoms with E-state index in [9.17, 15) is 14.7 Å². The molecule has 0 saturated heterocycles. The number of benzene rings is 2. The summed E-state index contributed by atoms with van der Waals surface area (Å²) in [7, 11) is 1.42. The molecular formula is C25H18BrClN2O5. The third-order valence-electron chi connectivity index (χ3n) is 6.03. The number of rotatable bonds is 3. The van der Waals surface area contributed by atoms with Crippen LogP contribution in [0.15, 0.2) is 56.3 Å². The number of anilines is 1. The lowest BCUT2D eigenvalue weighted by atomic mass is 9.97. The van der Waals surface area contributed by atoms with Crippen LogP contribution in [0.2, 0.25) is 5.02 Å². The van der Waals surface area contributed by atoms with Gasteiger partial charge in [0.2, 0.25) is 5.76 Å². The van der Waals surface area contributed by atoms with Crippen LogP contribution in [-0.4, -0.2) is 23.1 Å². The Hall–Kier alpha value is -3.36. The molecule has 1 atom stereocenters. The number of aromatic nitrogens is 1. The smallest absolute Gasteiger partial charge is 0.296 e. The molecule has 34 heavy (non-hydrogen) atoms. The summed E-state index contributed by atoms with van der Waals surface area (Å²) in [5.74, 6) is -0.166. The third kappa shape index (κ3) is 3.36. The van der Waals surface area contributed by atoms with E-state index >= 15 is 0 Å². The van der Waals surface area contributed by atoms with Crippen molar-refractivity contribution in [3.63, 3.8) is 0 Å². The first-order valence-electron chi connectivity index (χ1n) is 10.3. The molecule has 0 saturated carbocycles. The lowest BCUT2D eigenvalue weighted by Gasteiger charge is -2.25. The number of phenols is 1. The monoisotopic (exact) mass is 540 g/mol. The number of methoxy groups -OCH3 is 1. The van der Waals surface area contributed by atoms with Gasteiger partial charge in [0.15, 0.2) is 16.9 Å². The van der Waals surface area contributed by atoms with Gasteiger partial charge in [-0.15, -0.1) is 0 Å². The molecular weight excluding hydrogens is 524 g/mol. The normalized spacial score (nSPS) is 15.1. The largest absolute Gasteiger partial charge is 0.503 e. The molecule has 7 nitrogen and oxygen atoms in total. The molecule has 4 aromatic rings. The van der Waals surface area contributed by atoms with E-state index < -0.39 is 11.9 Å². The number of nitrogens with zero attached hydrogens (tertiary/aromatic N) is 2. The second-order valence-electron chi connectivity index (χ2n) is 8.07. The van der Waals surface area contributed by atoms with Crippen molar-refractivity contribution in [1.29, 1.82) is 0 Å². The molecule has 1 unspecified atom stereocenters. The quantitative estimate of drug-likeness (QED) is 0.358. The van der Waals surface area contributed by atoms with Crippen LogP contribution in [0.25, 0.3) is 11.0 Å². The van der Waals surface area contributed by atoms with Crippen molar-refractivity contribution in [3.05, 3.63) is 90.3 Å². The van der Waals surface area contributed by atoms with Crippen LogP contribution < -0.4 is 15.1 Å². The number of fused-ring (bicyclic) bond motifs is 2. The van der Waals surface area contributed by atoms with E-state index in [0.717, 1.165) is 11.1 Å². The number of pyridine rings is 1. The van der Waals surface area contributed by atoms with Crippen molar-refractivity contribution < 1.29 is 19.1 Å². The Balaban J connectivity index is 1.85. The number of aromatic hydroxyl groups is 1. The summed E-state index contributed by atoms with van der Waals surface area (Å²) in [5.41, 5.74) is 2.64. The number of ether oxygens (including phenoxy) is 1. The highest BCUT2D eigenvalue weighted by Gasteiger charge is 2.44. The summed E-state index contributed by atoms with van der Waals surface area (Å²) in [6.45, 7) is 3.83. The van der Waals surface area contributed by atoms with Crippen LogP contribution in [0.5, 0.6) is 11.5 Å². The summed E-state index contributed by atoms with van der Waals surface area (Å²) < 4.78 is 11.7. The molecule has 1 aliphatic rings. The van der Waals surface area contributed by atoms with E-state index in [-0.39, 0.29) is 28.3 Å². The SMILES string of the molecule is COc1cc(C2c3c(oc4cc(C)c(C)cc4c3=O)C(=O)N2c2ccc(Cl)cn2)cc(Br)c1O. The van der Waals surface area contributed by atoms with Gasteiger partial charge >= 0.3 is 0 Å². The summed E-state index contributed by atoms with van der Waals surface area (Å²) >= 11 is 9.35. The minimum atomic E-state index is -0.871. The van der Waals surface area contributed by atoms with Crippen molar-refractivity contribution in [2.45, 2.75) is 19.9 Å².